The summed E-state index contributed by atoms with van der Waals surface area (Å²) in [6.07, 6.45) is -1.61. The van der Waals surface area contributed by atoms with Gasteiger partial charge in [-0.1, -0.05) is 18.0 Å². The van der Waals surface area contributed by atoms with E-state index in [4.69, 9.17) is 25.9 Å². The summed E-state index contributed by atoms with van der Waals surface area (Å²) >= 11 is 5.83. The van der Waals surface area contributed by atoms with Crippen molar-refractivity contribution in [2.45, 2.75) is 38.5 Å². The van der Waals surface area contributed by atoms with Crippen LogP contribution in [-0.2, 0) is 15.8 Å². The number of nitrogens with zero attached hydrogens (tertiary/aromatic N) is 2. The molecule has 1 aromatic heterocycles. The predicted molar refractivity (Wildman–Crippen MR) is 102 cm³/mol. The van der Waals surface area contributed by atoms with Crippen molar-refractivity contribution in [2.75, 3.05) is 13.1 Å². The maximum Gasteiger partial charge on any atom is 0.417 e. The molecule has 2 heterocycles. The Kier molecular flexibility index (Phi) is 7.04. The van der Waals surface area contributed by atoms with Gasteiger partial charge >= 0.3 is 12.1 Å². The second-order valence-electron chi connectivity index (χ2n) is 6.74. The topological polar surface area (TPSA) is 60.9 Å². The highest BCUT2D eigenvalue weighted by Gasteiger charge is 2.31. The van der Waals surface area contributed by atoms with Crippen LogP contribution < -0.4 is 9.47 Å². The van der Waals surface area contributed by atoms with Gasteiger partial charge in [-0.25, -0.2) is 9.78 Å². The van der Waals surface area contributed by atoms with E-state index in [0.717, 1.165) is 25.3 Å². The van der Waals surface area contributed by atoms with E-state index in [1.54, 1.807) is 24.1 Å². The Balaban J connectivity index is 1.56. The Morgan fingerprint density at radius 3 is 2.37 bits per heavy atom. The molecule has 1 aromatic carbocycles. The van der Waals surface area contributed by atoms with Gasteiger partial charge in [0.25, 0.3) is 0 Å². The van der Waals surface area contributed by atoms with Crippen LogP contribution in [0.25, 0.3) is 0 Å². The molecule has 0 amide bonds. The van der Waals surface area contributed by atoms with E-state index in [-0.39, 0.29) is 10.9 Å². The van der Waals surface area contributed by atoms with E-state index in [0.29, 0.717) is 30.8 Å². The van der Waals surface area contributed by atoms with Gasteiger partial charge in [0.05, 0.1) is 5.56 Å². The highest BCUT2D eigenvalue weighted by atomic mass is 35.5. The molecule has 1 saturated heterocycles. The number of carbonyl (C=O) groups excluding carboxylic acids is 1. The van der Waals surface area contributed by atoms with Crippen LogP contribution in [0.5, 0.6) is 17.4 Å². The molecule has 0 radical (unpaired) electrons. The largest absolute Gasteiger partial charge is 0.479 e. The summed E-state index contributed by atoms with van der Waals surface area (Å²) in [4.78, 5) is 21.1. The molecule has 0 saturated carbocycles. The van der Waals surface area contributed by atoms with Crippen molar-refractivity contribution in [2.24, 2.45) is 0 Å². The van der Waals surface area contributed by atoms with Crippen LogP contribution in [0.4, 0.5) is 13.2 Å². The fraction of sp³-hybridized carbons (Fsp3) is 0.400. The summed E-state index contributed by atoms with van der Waals surface area (Å²) in [6, 6.07) is 6.90. The second-order valence-corrected chi connectivity index (χ2v) is 7.15. The van der Waals surface area contributed by atoms with E-state index in [9.17, 15) is 18.0 Å². The fourth-order valence-electron chi connectivity index (χ4n) is 2.76. The summed E-state index contributed by atoms with van der Waals surface area (Å²) in [7, 11) is 0. The summed E-state index contributed by atoms with van der Waals surface area (Å²) < 4.78 is 49.0. The maximum atomic E-state index is 12.7. The predicted octanol–water partition coefficient (Wildman–Crippen LogP) is 5.26. The zero-order valence-corrected chi connectivity index (χ0v) is 16.9. The zero-order valence-electron chi connectivity index (χ0n) is 16.1. The molecule has 1 atom stereocenters. The number of hydroxylamine groups is 2. The lowest BCUT2D eigenvalue weighted by Crippen LogP contribution is -2.37. The van der Waals surface area contributed by atoms with Crippen LogP contribution in [0.15, 0.2) is 36.5 Å². The Labute approximate surface area is 176 Å². The Morgan fingerprint density at radius 1 is 1.13 bits per heavy atom. The third kappa shape index (κ3) is 5.99. The molecule has 1 unspecified atom stereocenters. The summed E-state index contributed by atoms with van der Waals surface area (Å²) in [6.45, 7) is 3.01. The number of rotatable bonds is 6. The Bertz CT molecular complexity index is 871. The first-order valence-electron chi connectivity index (χ1n) is 9.36. The number of benzene rings is 1. The highest BCUT2D eigenvalue weighted by molar-refractivity contribution is 6.31. The molecule has 1 aliphatic rings. The summed E-state index contributed by atoms with van der Waals surface area (Å²) in [5, 5.41) is 1.38. The Morgan fingerprint density at radius 2 is 1.77 bits per heavy atom. The number of hydrogen-bond donors (Lipinski definition) is 0. The maximum absolute atomic E-state index is 12.7. The fourth-order valence-corrected chi connectivity index (χ4v) is 2.97. The number of alkyl halides is 3. The van der Waals surface area contributed by atoms with Crippen LogP contribution in [0.3, 0.4) is 0 Å². The first kappa shape index (κ1) is 22.2. The molecule has 30 heavy (non-hydrogen) atoms. The molecule has 6 nitrogen and oxygen atoms in total. The van der Waals surface area contributed by atoms with Crippen LogP contribution in [-0.4, -0.2) is 35.2 Å². The van der Waals surface area contributed by atoms with E-state index < -0.39 is 23.8 Å². The summed E-state index contributed by atoms with van der Waals surface area (Å²) in [5.74, 6) is 0.0479. The first-order chi connectivity index (χ1) is 14.2. The van der Waals surface area contributed by atoms with Crippen molar-refractivity contribution in [3.8, 4) is 17.4 Å². The van der Waals surface area contributed by atoms with Crippen LogP contribution in [0.1, 0.15) is 31.7 Å². The molecule has 3 rings (SSSR count). The molecule has 0 bridgehead atoms. The number of piperidine rings is 1. The lowest BCUT2D eigenvalue weighted by atomic mass is 10.2. The molecular weight excluding hydrogens is 425 g/mol. The number of halogens is 4. The minimum atomic E-state index is -4.54. The van der Waals surface area contributed by atoms with Crippen molar-refractivity contribution in [1.29, 1.82) is 0 Å². The van der Waals surface area contributed by atoms with Gasteiger partial charge in [0.2, 0.25) is 5.88 Å². The minimum Gasteiger partial charge on any atom is -0.479 e. The number of pyridine rings is 1. The molecule has 2 aromatic rings. The van der Waals surface area contributed by atoms with Gasteiger partial charge in [0.15, 0.2) is 6.10 Å². The molecule has 0 spiro atoms. The first-order valence-corrected chi connectivity index (χ1v) is 9.74. The van der Waals surface area contributed by atoms with Crippen LogP contribution in [0.2, 0.25) is 5.02 Å². The quantitative estimate of drug-likeness (QED) is 0.606. The monoisotopic (exact) mass is 444 g/mol. The lowest BCUT2D eigenvalue weighted by molar-refractivity contribution is -0.201. The van der Waals surface area contributed by atoms with Gasteiger partial charge < -0.3 is 14.3 Å². The Hall–Kier alpha value is -2.52. The highest BCUT2D eigenvalue weighted by Crippen LogP contribution is 2.34. The smallest absolute Gasteiger partial charge is 0.417 e. The van der Waals surface area contributed by atoms with Gasteiger partial charge in [-0.2, -0.15) is 13.2 Å². The van der Waals surface area contributed by atoms with Crippen molar-refractivity contribution < 1.29 is 32.3 Å². The number of hydrogen-bond acceptors (Lipinski definition) is 6. The number of ether oxygens (including phenoxy) is 2. The normalized spacial score (nSPS) is 16.0. The molecule has 1 fully saturated rings. The molecular formula is C20H20ClF3N2O4. The molecule has 0 aliphatic carbocycles. The minimum absolute atomic E-state index is 0.156. The van der Waals surface area contributed by atoms with Crippen LogP contribution >= 0.6 is 11.6 Å². The van der Waals surface area contributed by atoms with Gasteiger partial charge in [0.1, 0.15) is 16.5 Å². The number of carbonyl (C=O) groups is 1. The third-order valence-corrected chi connectivity index (χ3v) is 4.62. The lowest BCUT2D eigenvalue weighted by Gasteiger charge is -2.26. The van der Waals surface area contributed by atoms with Crippen molar-refractivity contribution >= 4 is 17.6 Å². The average molecular weight is 445 g/mol. The second kappa shape index (κ2) is 9.53. The van der Waals surface area contributed by atoms with Gasteiger partial charge in [-0.3, -0.25) is 0 Å². The standard InChI is InChI=1S/C20H20ClF3N2O4/c1-13(19(27)30-26-9-3-2-4-10-26)28-15-5-7-16(8-6-15)29-18-17(21)11-14(12-25-18)20(22,23)24/h5-8,11-13H,2-4,9-10H2,1H3. The molecule has 1 aliphatic heterocycles. The third-order valence-electron chi connectivity index (χ3n) is 4.35. The molecule has 0 N–H and O–H groups in total. The van der Waals surface area contributed by atoms with E-state index >= 15 is 0 Å². The van der Waals surface area contributed by atoms with Gasteiger partial charge in [-0.05, 0) is 50.1 Å². The van der Waals surface area contributed by atoms with Crippen molar-refractivity contribution in [3.63, 3.8) is 0 Å². The van der Waals surface area contributed by atoms with E-state index in [2.05, 4.69) is 4.98 Å². The molecule has 10 heteroatoms. The van der Waals surface area contributed by atoms with E-state index in [1.807, 2.05) is 0 Å². The van der Waals surface area contributed by atoms with Crippen LogP contribution in [0, 0.1) is 0 Å². The average Bonchev–Trinajstić information content (AvgIpc) is 2.71. The SMILES string of the molecule is CC(Oc1ccc(Oc2ncc(C(F)(F)F)cc2Cl)cc1)C(=O)ON1CCCCC1. The summed E-state index contributed by atoms with van der Waals surface area (Å²) in [5.41, 5.74) is -0.964. The van der Waals surface area contributed by atoms with Gasteiger partial charge in [-0.15, -0.1) is 5.06 Å². The number of aromatic nitrogens is 1. The zero-order chi connectivity index (χ0) is 21.7. The molecule has 162 valence electrons. The van der Waals surface area contributed by atoms with Crippen molar-refractivity contribution in [1.82, 2.24) is 10.0 Å². The van der Waals surface area contributed by atoms with Crippen molar-refractivity contribution in [3.05, 3.63) is 47.1 Å². The van der Waals surface area contributed by atoms with E-state index in [1.165, 1.54) is 12.1 Å². The van der Waals surface area contributed by atoms with Gasteiger partial charge in [0, 0.05) is 19.3 Å².